The number of carbonyl (C=O) groups excluding carboxylic acids is 2. The third kappa shape index (κ3) is 5.79. The van der Waals surface area contributed by atoms with Crippen molar-refractivity contribution in [3.63, 3.8) is 0 Å². The van der Waals surface area contributed by atoms with Gasteiger partial charge in [0.25, 0.3) is 0 Å². The molecule has 150 valence electrons. The number of benzene rings is 1. The fraction of sp³-hybridized carbons (Fsp3) is 0.636. The number of likely N-dealkylation sites (tertiary alicyclic amines) is 1. The molecule has 0 aromatic heterocycles. The number of nitrogens with one attached hydrogen (secondary N) is 1. The van der Waals surface area contributed by atoms with Crippen molar-refractivity contribution in [2.24, 2.45) is 11.3 Å². The van der Waals surface area contributed by atoms with Crippen molar-refractivity contribution in [1.82, 2.24) is 10.2 Å². The molecule has 2 saturated heterocycles. The molecule has 2 heterocycles. The smallest absolute Gasteiger partial charge is 0.223 e. The summed E-state index contributed by atoms with van der Waals surface area (Å²) >= 11 is 0. The standard InChI is InChI=1S/C22H32N2O2.ClH/c1-17(2)15-18-3-5-19(6-4-18)20(25)7-8-21(26)24-13-10-22(11-14-24)9-12-23-16-22;/h3-6,17,23H,7-16H2,1-2H3;1H. The van der Waals surface area contributed by atoms with Gasteiger partial charge >= 0.3 is 0 Å². The van der Waals surface area contributed by atoms with Crippen LogP contribution < -0.4 is 5.32 Å². The predicted molar refractivity (Wildman–Crippen MR) is 112 cm³/mol. The van der Waals surface area contributed by atoms with E-state index in [-0.39, 0.29) is 24.1 Å². The van der Waals surface area contributed by atoms with Crippen LogP contribution >= 0.6 is 12.4 Å². The van der Waals surface area contributed by atoms with Gasteiger partial charge in [0.1, 0.15) is 0 Å². The van der Waals surface area contributed by atoms with Crippen LogP contribution in [0.3, 0.4) is 0 Å². The summed E-state index contributed by atoms with van der Waals surface area (Å²) in [4.78, 5) is 26.8. The first kappa shape index (κ1) is 21.9. The lowest BCUT2D eigenvalue weighted by molar-refractivity contribution is -0.133. The van der Waals surface area contributed by atoms with Gasteiger partial charge in [0.05, 0.1) is 0 Å². The van der Waals surface area contributed by atoms with Crippen LogP contribution in [0.25, 0.3) is 0 Å². The Balaban J connectivity index is 0.00000261. The minimum atomic E-state index is 0. The van der Waals surface area contributed by atoms with Crippen molar-refractivity contribution in [2.75, 3.05) is 26.2 Å². The largest absolute Gasteiger partial charge is 0.343 e. The molecule has 27 heavy (non-hydrogen) atoms. The maximum Gasteiger partial charge on any atom is 0.223 e. The van der Waals surface area contributed by atoms with Crippen molar-refractivity contribution in [1.29, 1.82) is 0 Å². The Hall–Kier alpha value is -1.39. The van der Waals surface area contributed by atoms with Crippen LogP contribution in [0.5, 0.6) is 0 Å². The van der Waals surface area contributed by atoms with E-state index in [1.807, 2.05) is 29.2 Å². The minimum Gasteiger partial charge on any atom is -0.343 e. The molecule has 4 nitrogen and oxygen atoms in total. The number of Topliss-reactive ketones (excluding diaryl/α,β-unsaturated/α-hetero) is 1. The Morgan fingerprint density at radius 2 is 1.74 bits per heavy atom. The molecule has 5 heteroatoms. The molecule has 2 aliphatic rings. The maximum atomic E-state index is 12.5. The van der Waals surface area contributed by atoms with Crippen LogP contribution in [0.1, 0.15) is 61.9 Å². The summed E-state index contributed by atoms with van der Waals surface area (Å²) in [6.07, 6.45) is 5.09. The Bertz CT molecular complexity index is 626. The highest BCUT2D eigenvalue weighted by atomic mass is 35.5. The Morgan fingerprint density at radius 3 is 2.30 bits per heavy atom. The lowest BCUT2D eigenvalue weighted by Crippen LogP contribution is -2.44. The third-order valence-corrected chi connectivity index (χ3v) is 5.99. The zero-order valence-corrected chi connectivity index (χ0v) is 17.4. The number of hydrogen-bond donors (Lipinski definition) is 1. The van der Waals surface area contributed by atoms with Gasteiger partial charge in [-0.2, -0.15) is 0 Å². The van der Waals surface area contributed by atoms with Gasteiger partial charge in [0, 0.05) is 38.0 Å². The fourth-order valence-corrected chi connectivity index (χ4v) is 4.27. The van der Waals surface area contributed by atoms with E-state index < -0.39 is 0 Å². The second kappa shape index (κ2) is 9.70. The van der Waals surface area contributed by atoms with Crippen LogP contribution in [0.2, 0.25) is 0 Å². The molecule has 0 unspecified atom stereocenters. The highest BCUT2D eigenvalue weighted by Gasteiger charge is 2.37. The molecule has 0 atom stereocenters. The summed E-state index contributed by atoms with van der Waals surface area (Å²) in [5, 5.41) is 3.45. The second-order valence-corrected chi connectivity index (χ2v) is 8.53. The lowest BCUT2D eigenvalue weighted by atomic mass is 9.78. The zero-order chi connectivity index (χ0) is 18.6. The lowest BCUT2D eigenvalue weighted by Gasteiger charge is -2.39. The number of piperidine rings is 1. The van der Waals surface area contributed by atoms with Crippen molar-refractivity contribution in [2.45, 2.75) is 52.4 Å². The van der Waals surface area contributed by atoms with E-state index in [1.54, 1.807) is 0 Å². The van der Waals surface area contributed by atoms with E-state index in [1.165, 1.54) is 12.0 Å². The van der Waals surface area contributed by atoms with Gasteiger partial charge in [-0.25, -0.2) is 0 Å². The SMILES string of the molecule is CC(C)Cc1ccc(C(=O)CCC(=O)N2CCC3(CCNC3)CC2)cc1.Cl. The van der Waals surface area contributed by atoms with Crippen LogP contribution in [-0.2, 0) is 11.2 Å². The van der Waals surface area contributed by atoms with Gasteiger partial charge in [-0.05, 0) is 49.1 Å². The summed E-state index contributed by atoms with van der Waals surface area (Å²) in [5.74, 6) is 0.816. The Labute approximate surface area is 169 Å². The molecule has 0 aliphatic carbocycles. The van der Waals surface area contributed by atoms with E-state index in [9.17, 15) is 9.59 Å². The number of amides is 1. The van der Waals surface area contributed by atoms with E-state index in [0.717, 1.165) is 51.0 Å². The van der Waals surface area contributed by atoms with Crippen molar-refractivity contribution < 1.29 is 9.59 Å². The van der Waals surface area contributed by atoms with Crippen LogP contribution in [0, 0.1) is 11.3 Å². The van der Waals surface area contributed by atoms with Gasteiger partial charge < -0.3 is 10.2 Å². The summed E-state index contributed by atoms with van der Waals surface area (Å²) in [7, 11) is 0. The molecule has 1 spiro atoms. The number of nitrogens with zero attached hydrogens (tertiary/aromatic N) is 1. The number of carbonyl (C=O) groups is 2. The highest BCUT2D eigenvalue weighted by Crippen LogP contribution is 2.37. The normalized spacial score (nSPS) is 18.6. The molecule has 0 saturated carbocycles. The molecule has 1 aromatic rings. The zero-order valence-electron chi connectivity index (χ0n) is 16.6. The summed E-state index contributed by atoms with van der Waals surface area (Å²) in [6, 6.07) is 7.88. The Kier molecular flexibility index (Phi) is 7.87. The van der Waals surface area contributed by atoms with E-state index >= 15 is 0 Å². The average molecular weight is 393 g/mol. The van der Waals surface area contributed by atoms with E-state index in [2.05, 4.69) is 19.2 Å². The number of ketones is 1. The van der Waals surface area contributed by atoms with Crippen LogP contribution in [0.15, 0.2) is 24.3 Å². The van der Waals surface area contributed by atoms with Crippen molar-refractivity contribution in [3.8, 4) is 0 Å². The quantitative estimate of drug-likeness (QED) is 0.747. The number of rotatable bonds is 6. The molecule has 0 bridgehead atoms. The molecule has 1 aromatic carbocycles. The molecule has 2 aliphatic heterocycles. The molecular weight excluding hydrogens is 360 g/mol. The molecule has 1 amide bonds. The van der Waals surface area contributed by atoms with Gasteiger partial charge in [0.2, 0.25) is 5.91 Å². The topological polar surface area (TPSA) is 49.4 Å². The first-order chi connectivity index (χ1) is 12.5. The van der Waals surface area contributed by atoms with Crippen molar-refractivity contribution in [3.05, 3.63) is 35.4 Å². The van der Waals surface area contributed by atoms with Gasteiger partial charge in [-0.15, -0.1) is 12.4 Å². The summed E-state index contributed by atoms with van der Waals surface area (Å²) < 4.78 is 0. The molecule has 0 radical (unpaired) electrons. The summed E-state index contributed by atoms with van der Waals surface area (Å²) in [6.45, 7) is 8.28. The number of halogens is 1. The van der Waals surface area contributed by atoms with Crippen LogP contribution in [0.4, 0.5) is 0 Å². The highest BCUT2D eigenvalue weighted by molar-refractivity contribution is 5.98. The van der Waals surface area contributed by atoms with Gasteiger partial charge in [-0.1, -0.05) is 38.1 Å². The first-order valence-electron chi connectivity index (χ1n) is 10.1. The monoisotopic (exact) mass is 392 g/mol. The average Bonchev–Trinajstić information content (AvgIpc) is 3.08. The van der Waals surface area contributed by atoms with Crippen LogP contribution in [-0.4, -0.2) is 42.8 Å². The second-order valence-electron chi connectivity index (χ2n) is 8.53. The minimum absolute atomic E-state index is 0. The predicted octanol–water partition coefficient (Wildman–Crippen LogP) is 3.87. The third-order valence-electron chi connectivity index (χ3n) is 5.99. The number of hydrogen-bond acceptors (Lipinski definition) is 3. The molecule has 3 rings (SSSR count). The van der Waals surface area contributed by atoms with E-state index in [4.69, 9.17) is 0 Å². The van der Waals surface area contributed by atoms with E-state index in [0.29, 0.717) is 24.2 Å². The van der Waals surface area contributed by atoms with Gasteiger partial charge in [-0.3, -0.25) is 9.59 Å². The van der Waals surface area contributed by atoms with Crippen molar-refractivity contribution >= 4 is 24.1 Å². The summed E-state index contributed by atoms with van der Waals surface area (Å²) in [5.41, 5.74) is 2.40. The molecule has 1 N–H and O–H groups in total. The first-order valence-corrected chi connectivity index (χ1v) is 10.1. The fourth-order valence-electron chi connectivity index (χ4n) is 4.27. The maximum absolute atomic E-state index is 12.5. The van der Waals surface area contributed by atoms with Gasteiger partial charge in [0.15, 0.2) is 5.78 Å². The molecular formula is C22H33ClN2O2. The Morgan fingerprint density at radius 1 is 1.07 bits per heavy atom. The molecule has 2 fully saturated rings.